The van der Waals surface area contributed by atoms with Gasteiger partial charge in [-0.1, -0.05) is 19.1 Å². The molecule has 0 spiro atoms. The first-order valence-corrected chi connectivity index (χ1v) is 4.22. The topological polar surface area (TPSA) is 58.4 Å². The molecule has 0 aromatic carbocycles. The summed E-state index contributed by atoms with van der Waals surface area (Å²) in [5.41, 5.74) is 5.34. The van der Waals surface area contributed by atoms with E-state index in [1.807, 2.05) is 11.8 Å². The number of hydrogen-bond acceptors (Lipinski definition) is 3. The fourth-order valence-electron chi connectivity index (χ4n) is 0.782. The summed E-state index contributed by atoms with van der Waals surface area (Å²) in [7, 11) is 1.61. The Balaban J connectivity index is 3.82. The number of nitrogens with one attached hydrogen (secondary N) is 1. The van der Waals surface area contributed by atoms with Crippen molar-refractivity contribution in [3.8, 4) is 0 Å². The molecule has 70 valence electrons. The highest BCUT2D eigenvalue weighted by molar-refractivity contribution is 7.80. The van der Waals surface area contributed by atoms with Crippen molar-refractivity contribution in [3.63, 3.8) is 0 Å². The third-order valence-corrected chi connectivity index (χ3v) is 1.60. The van der Waals surface area contributed by atoms with Crippen LogP contribution in [0, 0.1) is 0 Å². The summed E-state index contributed by atoms with van der Waals surface area (Å²) in [6.07, 6.45) is 0. The number of rotatable bonds is 5. The van der Waals surface area contributed by atoms with Crippen LogP contribution in [0.25, 0.3) is 0 Å². The first-order chi connectivity index (χ1) is 5.60. The first kappa shape index (κ1) is 11.3. The monoisotopic (exact) mass is 189 g/mol. The van der Waals surface area contributed by atoms with E-state index < -0.39 is 0 Å². The predicted octanol–water partition coefficient (Wildman–Crippen LogP) is -0.660. The zero-order valence-electron chi connectivity index (χ0n) is 7.46. The van der Waals surface area contributed by atoms with Crippen molar-refractivity contribution < 1.29 is 4.79 Å². The Morgan fingerprint density at radius 3 is 2.50 bits per heavy atom. The fourth-order valence-corrected chi connectivity index (χ4v) is 0.965. The van der Waals surface area contributed by atoms with Gasteiger partial charge in [-0.2, -0.15) is 0 Å². The number of carbonyl (C=O) groups excluding carboxylic acids is 1. The standard InChI is InChI=1S/C7H15N3OS/c1-3-10(4-6(8)12)5-7(11)9-2/h3-5H2,1-2H3,(H2,8,12)(H,9,11). The second-order valence-corrected chi connectivity index (χ2v) is 2.97. The molecule has 0 saturated carbocycles. The van der Waals surface area contributed by atoms with Crippen molar-refractivity contribution in [1.82, 2.24) is 10.2 Å². The average Bonchev–Trinajstić information content (AvgIpc) is 2.02. The molecule has 3 N–H and O–H groups in total. The van der Waals surface area contributed by atoms with Gasteiger partial charge in [-0.3, -0.25) is 9.69 Å². The Bertz CT molecular complexity index is 172. The van der Waals surface area contributed by atoms with Crippen molar-refractivity contribution in [3.05, 3.63) is 0 Å². The van der Waals surface area contributed by atoms with Gasteiger partial charge in [0.25, 0.3) is 0 Å². The number of hydrogen-bond donors (Lipinski definition) is 2. The maximum absolute atomic E-state index is 10.9. The second-order valence-electron chi connectivity index (χ2n) is 2.44. The molecule has 0 heterocycles. The number of carbonyl (C=O) groups is 1. The van der Waals surface area contributed by atoms with Gasteiger partial charge in [-0.15, -0.1) is 0 Å². The summed E-state index contributed by atoms with van der Waals surface area (Å²) in [5.74, 6) is -0.0203. The maximum Gasteiger partial charge on any atom is 0.233 e. The minimum Gasteiger partial charge on any atom is -0.392 e. The Morgan fingerprint density at radius 2 is 2.17 bits per heavy atom. The summed E-state index contributed by atoms with van der Waals surface area (Å²) >= 11 is 4.73. The molecule has 0 saturated heterocycles. The van der Waals surface area contributed by atoms with Crippen molar-refractivity contribution in [2.75, 3.05) is 26.7 Å². The molecular weight excluding hydrogens is 174 g/mol. The number of thiocarbonyl (C=S) groups is 1. The summed E-state index contributed by atoms with van der Waals surface area (Å²) in [6, 6.07) is 0. The third kappa shape index (κ3) is 5.03. The van der Waals surface area contributed by atoms with E-state index in [4.69, 9.17) is 18.0 Å². The highest BCUT2D eigenvalue weighted by atomic mass is 32.1. The summed E-state index contributed by atoms with van der Waals surface area (Å²) in [4.78, 5) is 13.2. The number of nitrogens with zero attached hydrogens (tertiary/aromatic N) is 1. The van der Waals surface area contributed by atoms with Crippen LogP contribution in [0.2, 0.25) is 0 Å². The quantitative estimate of drug-likeness (QED) is 0.564. The van der Waals surface area contributed by atoms with E-state index >= 15 is 0 Å². The first-order valence-electron chi connectivity index (χ1n) is 3.81. The average molecular weight is 189 g/mol. The number of nitrogens with two attached hydrogens (primary N) is 1. The molecule has 0 aliphatic carbocycles. The molecule has 0 aliphatic rings. The zero-order chi connectivity index (χ0) is 9.56. The van der Waals surface area contributed by atoms with Gasteiger partial charge in [0.15, 0.2) is 0 Å². The minimum atomic E-state index is -0.0203. The number of amides is 1. The van der Waals surface area contributed by atoms with E-state index in [0.29, 0.717) is 18.1 Å². The van der Waals surface area contributed by atoms with Crippen LogP contribution in [0.1, 0.15) is 6.92 Å². The van der Waals surface area contributed by atoms with E-state index in [0.717, 1.165) is 6.54 Å². The van der Waals surface area contributed by atoms with Gasteiger partial charge in [0.1, 0.15) is 0 Å². The lowest BCUT2D eigenvalue weighted by Crippen LogP contribution is -2.39. The zero-order valence-corrected chi connectivity index (χ0v) is 8.28. The van der Waals surface area contributed by atoms with Crippen molar-refractivity contribution in [1.29, 1.82) is 0 Å². The molecule has 1 amide bonds. The molecular formula is C7H15N3OS. The Kier molecular flexibility index (Phi) is 5.57. The van der Waals surface area contributed by atoms with Gasteiger partial charge in [-0.25, -0.2) is 0 Å². The fraction of sp³-hybridized carbons (Fsp3) is 0.714. The Labute approximate surface area is 78.1 Å². The molecule has 12 heavy (non-hydrogen) atoms. The molecule has 4 nitrogen and oxygen atoms in total. The van der Waals surface area contributed by atoms with Crippen LogP contribution in [0.3, 0.4) is 0 Å². The second kappa shape index (κ2) is 5.91. The molecule has 0 aromatic heterocycles. The van der Waals surface area contributed by atoms with Crippen LogP contribution in [-0.4, -0.2) is 42.5 Å². The van der Waals surface area contributed by atoms with Crippen LogP contribution in [0.15, 0.2) is 0 Å². The maximum atomic E-state index is 10.9. The molecule has 0 radical (unpaired) electrons. The predicted molar refractivity (Wildman–Crippen MR) is 53.0 cm³/mol. The molecule has 0 aliphatic heterocycles. The number of likely N-dealkylation sites (N-methyl/N-ethyl adjacent to an activating group) is 2. The van der Waals surface area contributed by atoms with E-state index in [-0.39, 0.29) is 5.91 Å². The third-order valence-electron chi connectivity index (χ3n) is 1.47. The molecule has 0 rings (SSSR count). The smallest absolute Gasteiger partial charge is 0.233 e. The molecule has 0 bridgehead atoms. The lowest BCUT2D eigenvalue weighted by Gasteiger charge is -2.17. The molecule has 0 aromatic rings. The highest BCUT2D eigenvalue weighted by Crippen LogP contribution is 1.86. The SMILES string of the molecule is CCN(CC(=O)NC)CC(N)=S. The largest absolute Gasteiger partial charge is 0.392 e. The Hall–Kier alpha value is -0.680. The lowest BCUT2D eigenvalue weighted by atomic mass is 10.4. The van der Waals surface area contributed by atoms with Crippen LogP contribution in [-0.2, 0) is 4.79 Å². The normalized spacial score (nSPS) is 9.92. The van der Waals surface area contributed by atoms with Crippen molar-refractivity contribution >= 4 is 23.1 Å². The molecule has 0 unspecified atom stereocenters. The van der Waals surface area contributed by atoms with Crippen LogP contribution >= 0.6 is 12.2 Å². The summed E-state index contributed by atoms with van der Waals surface area (Å²) < 4.78 is 0. The van der Waals surface area contributed by atoms with Gasteiger partial charge < -0.3 is 11.1 Å². The molecule has 5 heteroatoms. The molecule has 0 fully saturated rings. The lowest BCUT2D eigenvalue weighted by molar-refractivity contribution is -0.121. The van der Waals surface area contributed by atoms with Gasteiger partial charge in [0, 0.05) is 13.6 Å². The molecule has 0 atom stereocenters. The Morgan fingerprint density at radius 1 is 1.58 bits per heavy atom. The van der Waals surface area contributed by atoms with E-state index in [2.05, 4.69) is 5.32 Å². The van der Waals surface area contributed by atoms with Gasteiger partial charge in [-0.05, 0) is 6.54 Å². The van der Waals surface area contributed by atoms with Crippen LogP contribution < -0.4 is 11.1 Å². The summed E-state index contributed by atoms with van der Waals surface area (Å²) in [5, 5.41) is 2.54. The van der Waals surface area contributed by atoms with E-state index in [1.54, 1.807) is 7.05 Å². The highest BCUT2D eigenvalue weighted by Gasteiger charge is 2.07. The summed E-state index contributed by atoms with van der Waals surface area (Å²) in [6.45, 7) is 3.58. The van der Waals surface area contributed by atoms with Gasteiger partial charge >= 0.3 is 0 Å². The van der Waals surface area contributed by atoms with Gasteiger partial charge in [0.05, 0.1) is 11.5 Å². The van der Waals surface area contributed by atoms with Crippen LogP contribution in [0.5, 0.6) is 0 Å². The minimum absolute atomic E-state index is 0.0203. The van der Waals surface area contributed by atoms with Crippen LogP contribution in [0.4, 0.5) is 0 Å². The van der Waals surface area contributed by atoms with Crippen molar-refractivity contribution in [2.24, 2.45) is 5.73 Å². The van der Waals surface area contributed by atoms with Crippen molar-refractivity contribution in [2.45, 2.75) is 6.92 Å². The van der Waals surface area contributed by atoms with Gasteiger partial charge in [0.2, 0.25) is 5.91 Å². The van der Waals surface area contributed by atoms with E-state index in [1.165, 1.54) is 0 Å². The van der Waals surface area contributed by atoms with E-state index in [9.17, 15) is 4.79 Å².